The van der Waals surface area contributed by atoms with Gasteiger partial charge in [-0.05, 0) is 24.6 Å². The maximum absolute atomic E-state index is 13.1. The van der Waals surface area contributed by atoms with E-state index in [0.29, 0.717) is 22.9 Å². The first-order valence-electron chi connectivity index (χ1n) is 5.07. The van der Waals surface area contributed by atoms with Gasteiger partial charge < -0.3 is 10.6 Å². The number of rotatable bonds is 1. The number of nitrogen functional groups attached to an aromatic ring is 1. The van der Waals surface area contributed by atoms with Gasteiger partial charge in [-0.3, -0.25) is 0 Å². The molecule has 1 aliphatic rings. The van der Waals surface area contributed by atoms with Gasteiger partial charge in [0.05, 0.1) is 17.3 Å². The van der Waals surface area contributed by atoms with Gasteiger partial charge in [0.25, 0.3) is 5.92 Å². The number of nitrogens with zero attached hydrogens (tertiary/aromatic N) is 1. The summed E-state index contributed by atoms with van der Waals surface area (Å²) in [6, 6.07) is 3.38. The van der Waals surface area contributed by atoms with Gasteiger partial charge in [0, 0.05) is 18.7 Å². The first-order chi connectivity index (χ1) is 7.39. The second kappa shape index (κ2) is 3.77. The maximum Gasteiger partial charge on any atom is 0.266 e. The molecule has 0 atom stereocenters. The van der Waals surface area contributed by atoms with E-state index in [1.165, 1.54) is 0 Å². The normalized spacial score (nSPS) is 19.1. The molecule has 5 heteroatoms. The second-order valence-corrected chi connectivity index (χ2v) is 4.59. The Morgan fingerprint density at radius 2 is 2.12 bits per heavy atom. The summed E-state index contributed by atoms with van der Waals surface area (Å²) in [5.41, 5.74) is 7.79. The number of nitrogens with two attached hydrogens (primary N) is 1. The molecule has 2 N–H and O–H groups in total. The Morgan fingerprint density at radius 1 is 1.44 bits per heavy atom. The summed E-state index contributed by atoms with van der Waals surface area (Å²) in [4.78, 5) is 1.58. The van der Waals surface area contributed by atoms with Crippen molar-refractivity contribution in [1.29, 1.82) is 0 Å². The lowest BCUT2D eigenvalue weighted by Crippen LogP contribution is -2.25. The molecule has 0 spiro atoms. The van der Waals surface area contributed by atoms with Crippen LogP contribution < -0.4 is 10.6 Å². The second-order valence-electron chi connectivity index (χ2n) is 4.19. The van der Waals surface area contributed by atoms with Crippen LogP contribution in [0.3, 0.4) is 0 Å². The van der Waals surface area contributed by atoms with Crippen LogP contribution in [-0.4, -0.2) is 19.0 Å². The third-order valence-electron chi connectivity index (χ3n) is 2.85. The Hall–Kier alpha value is -1.03. The van der Waals surface area contributed by atoms with E-state index >= 15 is 0 Å². The molecule has 1 aliphatic heterocycles. The molecule has 1 saturated heterocycles. The van der Waals surface area contributed by atoms with E-state index in [2.05, 4.69) is 0 Å². The molecule has 0 aliphatic carbocycles. The maximum atomic E-state index is 13.1. The van der Waals surface area contributed by atoms with Gasteiger partial charge >= 0.3 is 0 Å². The summed E-state index contributed by atoms with van der Waals surface area (Å²) < 4.78 is 26.2. The Kier molecular flexibility index (Phi) is 2.70. The van der Waals surface area contributed by atoms with Crippen LogP contribution in [0.2, 0.25) is 5.02 Å². The van der Waals surface area contributed by atoms with Crippen molar-refractivity contribution in [3.8, 4) is 0 Å². The topological polar surface area (TPSA) is 29.3 Å². The summed E-state index contributed by atoms with van der Waals surface area (Å²) in [5.74, 6) is -2.62. The quantitative estimate of drug-likeness (QED) is 0.772. The third-order valence-corrected chi connectivity index (χ3v) is 3.15. The summed E-state index contributed by atoms with van der Waals surface area (Å²) >= 11 is 6.03. The minimum Gasteiger partial charge on any atom is -0.398 e. The number of hydrogen-bond acceptors (Lipinski definition) is 2. The molecule has 16 heavy (non-hydrogen) atoms. The Labute approximate surface area is 98.0 Å². The SMILES string of the molecule is Cc1cc(Cl)c(N2CCC(F)(F)C2)cc1N. The average Bonchev–Trinajstić information content (AvgIpc) is 2.52. The Balaban J connectivity index is 2.32. The summed E-state index contributed by atoms with van der Waals surface area (Å²) in [6.45, 7) is 1.87. The number of aryl methyl sites for hydroxylation is 1. The van der Waals surface area contributed by atoms with Crippen LogP contribution in [0.5, 0.6) is 0 Å². The highest BCUT2D eigenvalue weighted by molar-refractivity contribution is 6.33. The standard InChI is InChI=1S/C11H13ClF2N2/c1-7-4-8(12)10(5-9(7)15)16-3-2-11(13,14)6-16/h4-5H,2-3,6,15H2,1H3. The smallest absolute Gasteiger partial charge is 0.266 e. The first kappa shape index (κ1) is 11.5. The monoisotopic (exact) mass is 246 g/mol. The zero-order chi connectivity index (χ0) is 11.9. The van der Waals surface area contributed by atoms with Crippen LogP contribution in [-0.2, 0) is 0 Å². The molecule has 2 rings (SSSR count). The summed E-state index contributed by atoms with van der Waals surface area (Å²) in [5, 5.41) is 0.476. The van der Waals surface area contributed by atoms with Gasteiger partial charge in [-0.15, -0.1) is 0 Å². The molecule has 88 valence electrons. The molecule has 0 saturated carbocycles. The lowest BCUT2D eigenvalue weighted by Gasteiger charge is -2.20. The molecule has 0 bridgehead atoms. The lowest BCUT2D eigenvalue weighted by atomic mass is 10.2. The van der Waals surface area contributed by atoms with E-state index in [-0.39, 0.29) is 13.0 Å². The van der Waals surface area contributed by atoms with E-state index in [9.17, 15) is 8.78 Å². The van der Waals surface area contributed by atoms with Gasteiger partial charge in [0.2, 0.25) is 0 Å². The van der Waals surface area contributed by atoms with Crippen molar-refractivity contribution < 1.29 is 8.78 Å². The third kappa shape index (κ3) is 2.07. The minimum absolute atomic E-state index is 0.128. The summed E-state index contributed by atoms with van der Waals surface area (Å²) in [7, 11) is 0. The van der Waals surface area contributed by atoms with Crippen molar-refractivity contribution in [2.45, 2.75) is 19.3 Å². The molecular weight excluding hydrogens is 234 g/mol. The minimum atomic E-state index is -2.62. The van der Waals surface area contributed by atoms with Gasteiger partial charge in [-0.1, -0.05) is 11.6 Å². The van der Waals surface area contributed by atoms with Crippen LogP contribution in [0.15, 0.2) is 12.1 Å². The van der Waals surface area contributed by atoms with Crippen LogP contribution >= 0.6 is 11.6 Å². The molecule has 0 radical (unpaired) electrons. The highest BCUT2D eigenvalue weighted by Gasteiger charge is 2.38. The van der Waals surface area contributed by atoms with Gasteiger partial charge in [0.1, 0.15) is 0 Å². The van der Waals surface area contributed by atoms with Crippen molar-refractivity contribution in [3.05, 3.63) is 22.7 Å². The van der Waals surface area contributed by atoms with Crippen molar-refractivity contribution in [2.75, 3.05) is 23.7 Å². The predicted octanol–water partition coefficient (Wildman–Crippen LogP) is 3.08. The number of anilines is 2. The van der Waals surface area contributed by atoms with Gasteiger partial charge in [-0.2, -0.15) is 0 Å². The zero-order valence-electron chi connectivity index (χ0n) is 8.93. The highest BCUT2D eigenvalue weighted by Crippen LogP contribution is 2.36. The lowest BCUT2D eigenvalue weighted by molar-refractivity contribution is 0.0257. The number of hydrogen-bond donors (Lipinski definition) is 1. The Bertz CT molecular complexity index is 421. The molecule has 1 aromatic rings. The van der Waals surface area contributed by atoms with E-state index in [0.717, 1.165) is 5.56 Å². The number of benzene rings is 1. The van der Waals surface area contributed by atoms with Crippen LogP contribution in [0.25, 0.3) is 0 Å². The zero-order valence-corrected chi connectivity index (χ0v) is 9.69. The molecular formula is C11H13ClF2N2. The van der Waals surface area contributed by atoms with Gasteiger partial charge in [0.15, 0.2) is 0 Å². The van der Waals surface area contributed by atoms with E-state index in [4.69, 9.17) is 17.3 Å². The number of alkyl halides is 2. The van der Waals surface area contributed by atoms with Crippen molar-refractivity contribution >= 4 is 23.0 Å². The highest BCUT2D eigenvalue weighted by atomic mass is 35.5. The molecule has 1 aromatic carbocycles. The fourth-order valence-corrected chi connectivity index (χ4v) is 2.20. The molecule has 1 heterocycles. The molecule has 0 aromatic heterocycles. The molecule has 2 nitrogen and oxygen atoms in total. The fraction of sp³-hybridized carbons (Fsp3) is 0.455. The van der Waals surface area contributed by atoms with Crippen molar-refractivity contribution in [3.63, 3.8) is 0 Å². The van der Waals surface area contributed by atoms with Crippen molar-refractivity contribution in [2.24, 2.45) is 0 Å². The van der Waals surface area contributed by atoms with E-state index in [1.54, 1.807) is 17.0 Å². The van der Waals surface area contributed by atoms with Gasteiger partial charge in [-0.25, -0.2) is 8.78 Å². The first-order valence-corrected chi connectivity index (χ1v) is 5.45. The van der Waals surface area contributed by atoms with E-state index < -0.39 is 5.92 Å². The average molecular weight is 247 g/mol. The predicted molar refractivity (Wildman–Crippen MR) is 62.4 cm³/mol. The van der Waals surface area contributed by atoms with E-state index in [1.807, 2.05) is 6.92 Å². The molecule has 0 unspecified atom stereocenters. The largest absolute Gasteiger partial charge is 0.398 e. The van der Waals surface area contributed by atoms with Crippen molar-refractivity contribution in [1.82, 2.24) is 0 Å². The fourth-order valence-electron chi connectivity index (χ4n) is 1.86. The summed E-state index contributed by atoms with van der Waals surface area (Å²) in [6.07, 6.45) is -0.128. The van der Waals surface area contributed by atoms with Crippen LogP contribution in [0.1, 0.15) is 12.0 Å². The van der Waals surface area contributed by atoms with Crippen LogP contribution in [0, 0.1) is 6.92 Å². The molecule has 0 amide bonds. The number of halogens is 3. The Morgan fingerprint density at radius 3 is 2.69 bits per heavy atom. The molecule has 1 fully saturated rings. The van der Waals surface area contributed by atoms with Crippen LogP contribution in [0.4, 0.5) is 20.2 Å².